The number of aromatic nitrogens is 1. The third-order valence-electron chi connectivity index (χ3n) is 2.70. The predicted octanol–water partition coefficient (Wildman–Crippen LogP) is 2.17. The molecule has 1 aromatic carbocycles. The summed E-state index contributed by atoms with van der Waals surface area (Å²) in [6, 6.07) is 9.79. The monoisotopic (exact) mass is 296 g/mol. The zero-order valence-electron chi connectivity index (χ0n) is 10.1. The fraction of sp³-hybridized carbons (Fsp3) is 0.154. The summed E-state index contributed by atoms with van der Waals surface area (Å²) in [5.41, 5.74) is 6.74. The minimum Gasteiger partial charge on any atom is -0.325 e. The molecule has 4 nitrogen and oxygen atoms in total. The van der Waals surface area contributed by atoms with E-state index in [9.17, 15) is 8.42 Å². The second-order valence-corrected chi connectivity index (χ2v) is 6.37. The molecule has 0 bridgehead atoms. The zero-order chi connectivity index (χ0) is 13.9. The molecule has 1 aromatic heterocycles. The van der Waals surface area contributed by atoms with E-state index in [2.05, 4.69) is 4.98 Å². The van der Waals surface area contributed by atoms with Crippen LogP contribution in [-0.4, -0.2) is 13.4 Å². The van der Waals surface area contributed by atoms with Gasteiger partial charge in [-0.3, -0.25) is 4.98 Å². The Bertz CT molecular complexity index is 687. The summed E-state index contributed by atoms with van der Waals surface area (Å²) in [5, 5.41) is 0.223. The van der Waals surface area contributed by atoms with E-state index in [0.29, 0.717) is 11.3 Å². The van der Waals surface area contributed by atoms with Gasteiger partial charge in [-0.1, -0.05) is 29.8 Å². The van der Waals surface area contributed by atoms with Gasteiger partial charge < -0.3 is 5.73 Å². The standard InChI is InChI=1S/C13H13ClN2O2S/c14-11-5-1-2-6-13(11)19(17,18)9-10-4-3-7-16-12(10)8-15/h1-7H,8-9,15H2. The van der Waals surface area contributed by atoms with E-state index >= 15 is 0 Å². The SMILES string of the molecule is NCc1ncccc1CS(=O)(=O)c1ccccc1Cl. The van der Waals surface area contributed by atoms with Crippen molar-refractivity contribution in [1.82, 2.24) is 4.98 Å². The molecule has 0 radical (unpaired) electrons. The summed E-state index contributed by atoms with van der Waals surface area (Å²) >= 11 is 5.93. The van der Waals surface area contributed by atoms with E-state index in [0.717, 1.165) is 0 Å². The van der Waals surface area contributed by atoms with Crippen molar-refractivity contribution in [2.75, 3.05) is 0 Å². The van der Waals surface area contributed by atoms with Gasteiger partial charge in [0.1, 0.15) is 0 Å². The van der Waals surface area contributed by atoms with Gasteiger partial charge >= 0.3 is 0 Å². The summed E-state index contributed by atoms with van der Waals surface area (Å²) in [4.78, 5) is 4.20. The highest BCUT2D eigenvalue weighted by atomic mass is 35.5. The number of pyridine rings is 1. The maximum atomic E-state index is 12.3. The van der Waals surface area contributed by atoms with E-state index in [4.69, 9.17) is 17.3 Å². The van der Waals surface area contributed by atoms with Crippen LogP contribution in [0.4, 0.5) is 0 Å². The quantitative estimate of drug-likeness (QED) is 0.938. The molecule has 0 aliphatic heterocycles. The van der Waals surface area contributed by atoms with Crippen molar-refractivity contribution in [1.29, 1.82) is 0 Å². The number of sulfone groups is 1. The van der Waals surface area contributed by atoms with Gasteiger partial charge in [0.2, 0.25) is 0 Å². The lowest BCUT2D eigenvalue weighted by Crippen LogP contribution is -2.10. The molecule has 0 atom stereocenters. The number of nitrogens with two attached hydrogens (primary N) is 1. The number of nitrogens with zero attached hydrogens (tertiary/aromatic N) is 1. The van der Waals surface area contributed by atoms with E-state index in [1.807, 2.05) is 0 Å². The van der Waals surface area contributed by atoms with Crippen LogP contribution in [0.5, 0.6) is 0 Å². The van der Waals surface area contributed by atoms with Gasteiger partial charge in [-0.25, -0.2) is 8.42 Å². The molecule has 0 aliphatic carbocycles. The van der Waals surface area contributed by atoms with Crippen molar-refractivity contribution in [3.63, 3.8) is 0 Å². The summed E-state index contributed by atoms with van der Waals surface area (Å²) in [6.07, 6.45) is 1.59. The third kappa shape index (κ3) is 3.12. The molecule has 2 aromatic rings. The van der Waals surface area contributed by atoms with E-state index in [1.54, 1.807) is 36.5 Å². The first kappa shape index (κ1) is 14.0. The second-order valence-electron chi connectivity index (χ2n) is 4.00. The topological polar surface area (TPSA) is 73.0 Å². The number of benzene rings is 1. The molecule has 0 fully saturated rings. The molecule has 2 N–H and O–H groups in total. The van der Waals surface area contributed by atoms with Crippen LogP contribution in [0.25, 0.3) is 0 Å². The predicted molar refractivity (Wildman–Crippen MR) is 74.5 cm³/mol. The lowest BCUT2D eigenvalue weighted by molar-refractivity contribution is 0.595. The molecule has 0 amide bonds. The molecular weight excluding hydrogens is 284 g/mol. The molecule has 0 spiro atoms. The number of hydrogen-bond acceptors (Lipinski definition) is 4. The smallest absolute Gasteiger partial charge is 0.184 e. The highest BCUT2D eigenvalue weighted by Crippen LogP contribution is 2.24. The Labute approximate surface area is 117 Å². The van der Waals surface area contributed by atoms with E-state index < -0.39 is 9.84 Å². The fourth-order valence-corrected chi connectivity index (χ4v) is 3.73. The molecule has 0 saturated carbocycles. The average molecular weight is 297 g/mol. The Kier molecular flexibility index (Phi) is 4.19. The normalized spacial score (nSPS) is 11.5. The van der Waals surface area contributed by atoms with Crippen LogP contribution in [-0.2, 0) is 22.1 Å². The molecule has 19 heavy (non-hydrogen) atoms. The largest absolute Gasteiger partial charge is 0.325 e. The Morgan fingerprint density at radius 2 is 1.89 bits per heavy atom. The van der Waals surface area contributed by atoms with Crippen LogP contribution >= 0.6 is 11.6 Å². The Hall–Kier alpha value is -1.43. The van der Waals surface area contributed by atoms with Crippen LogP contribution in [0, 0.1) is 0 Å². The highest BCUT2D eigenvalue weighted by molar-refractivity contribution is 7.90. The van der Waals surface area contributed by atoms with Crippen LogP contribution in [0.3, 0.4) is 0 Å². The molecule has 6 heteroatoms. The first-order valence-electron chi connectivity index (χ1n) is 5.64. The van der Waals surface area contributed by atoms with Crippen molar-refractivity contribution >= 4 is 21.4 Å². The molecular formula is C13H13ClN2O2S. The summed E-state index contributed by atoms with van der Waals surface area (Å²) < 4.78 is 24.7. The van der Waals surface area contributed by atoms with Crippen molar-refractivity contribution in [3.05, 3.63) is 58.9 Å². The van der Waals surface area contributed by atoms with Crippen LogP contribution in [0.2, 0.25) is 5.02 Å². The van der Waals surface area contributed by atoms with Gasteiger partial charge in [-0.2, -0.15) is 0 Å². The van der Waals surface area contributed by atoms with Crippen LogP contribution < -0.4 is 5.73 Å². The second kappa shape index (κ2) is 5.69. The molecule has 0 aliphatic rings. The van der Waals surface area contributed by atoms with Gasteiger partial charge in [0, 0.05) is 12.7 Å². The number of hydrogen-bond donors (Lipinski definition) is 1. The zero-order valence-corrected chi connectivity index (χ0v) is 11.7. The maximum absolute atomic E-state index is 12.3. The number of halogens is 1. The van der Waals surface area contributed by atoms with Gasteiger partial charge in [-0.15, -0.1) is 0 Å². The number of rotatable bonds is 4. The molecule has 0 saturated heterocycles. The first-order valence-corrected chi connectivity index (χ1v) is 7.68. The third-order valence-corrected chi connectivity index (χ3v) is 4.85. The lowest BCUT2D eigenvalue weighted by atomic mass is 10.2. The fourth-order valence-electron chi connectivity index (χ4n) is 1.77. The first-order chi connectivity index (χ1) is 9.04. The molecule has 2 rings (SSSR count). The van der Waals surface area contributed by atoms with Gasteiger partial charge in [0.05, 0.1) is 21.4 Å². The summed E-state index contributed by atoms with van der Waals surface area (Å²) in [6.45, 7) is 0.203. The van der Waals surface area contributed by atoms with Gasteiger partial charge in [0.15, 0.2) is 9.84 Å². The molecule has 100 valence electrons. The average Bonchev–Trinajstić information content (AvgIpc) is 2.39. The van der Waals surface area contributed by atoms with E-state index in [1.165, 1.54) is 6.07 Å². The van der Waals surface area contributed by atoms with Crippen molar-refractivity contribution in [2.24, 2.45) is 5.73 Å². The summed E-state index contributed by atoms with van der Waals surface area (Å²) in [7, 11) is -3.50. The highest BCUT2D eigenvalue weighted by Gasteiger charge is 2.19. The molecule has 0 unspecified atom stereocenters. The maximum Gasteiger partial charge on any atom is 0.184 e. The van der Waals surface area contributed by atoms with Crippen LogP contribution in [0.15, 0.2) is 47.5 Å². The lowest BCUT2D eigenvalue weighted by Gasteiger charge is -2.09. The van der Waals surface area contributed by atoms with Crippen molar-refractivity contribution < 1.29 is 8.42 Å². The minimum absolute atomic E-state index is 0.128. The Morgan fingerprint density at radius 1 is 1.16 bits per heavy atom. The van der Waals surface area contributed by atoms with Gasteiger partial charge in [-0.05, 0) is 23.8 Å². The van der Waals surface area contributed by atoms with Crippen molar-refractivity contribution in [2.45, 2.75) is 17.2 Å². The van der Waals surface area contributed by atoms with Crippen LogP contribution in [0.1, 0.15) is 11.3 Å². The Morgan fingerprint density at radius 3 is 2.58 bits per heavy atom. The molecule has 1 heterocycles. The van der Waals surface area contributed by atoms with E-state index in [-0.39, 0.29) is 22.2 Å². The summed E-state index contributed by atoms with van der Waals surface area (Å²) in [5.74, 6) is -0.156. The Balaban J connectivity index is 2.40. The van der Waals surface area contributed by atoms with Crippen molar-refractivity contribution in [3.8, 4) is 0 Å². The van der Waals surface area contributed by atoms with Gasteiger partial charge in [0.25, 0.3) is 0 Å². The minimum atomic E-state index is -3.50.